The molecular weight excluding hydrogens is 501 g/mol. The van der Waals surface area contributed by atoms with E-state index in [0.29, 0.717) is 40.6 Å². The van der Waals surface area contributed by atoms with Gasteiger partial charge in [-0.3, -0.25) is 9.59 Å². The van der Waals surface area contributed by atoms with Crippen molar-refractivity contribution >= 4 is 23.6 Å². The lowest BCUT2D eigenvalue weighted by atomic mass is 10.0. The number of carbonyl (C=O) groups excluding carboxylic acids is 1. The molecule has 2 aromatic rings. The molecule has 0 aliphatic carbocycles. The van der Waals surface area contributed by atoms with Crippen molar-refractivity contribution < 1.29 is 23.8 Å². The van der Waals surface area contributed by atoms with Crippen LogP contribution in [0.2, 0.25) is 0 Å². The lowest BCUT2D eigenvalue weighted by Crippen LogP contribution is -2.28. The van der Waals surface area contributed by atoms with Gasteiger partial charge in [0.05, 0.1) is 10.9 Å². The molecule has 0 heterocycles. The summed E-state index contributed by atoms with van der Waals surface area (Å²) in [6.45, 7) is 9.65. The summed E-state index contributed by atoms with van der Waals surface area (Å²) in [6.07, 6.45) is 9.83. The summed E-state index contributed by atoms with van der Waals surface area (Å²) < 4.78 is 20.5. The van der Waals surface area contributed by atoms with Crippen molar-refractivity contribution in [3.63, 3.8) is 0 Å². The van der Waals surface area contributed by atoms with Gasteiger partial charge in [0, 0.05) is 18.2 Å². The lowest BCUT2D eigenvalue weighted by Gasteiger charge is -2.18. The van der Waals surface area contributed by atoms with Crippen molar-refractivity contribution in [1.82, 2.24) is 5.32 Å². The van der Waals surface area contributed by atoms with Crippen LogP contribution in [0.4, 0.5) is 4.39 Å². The molecule has 0 radical (unpaired) electrons. The van der Waals surface area contributed by atoms with Crippen molar-refractivity contribution in [3.8, 4) is 11.5 Å². The fraction of sp³-hybridized carbons (Fsp3) is 0.355. The van der Waals surface area contributed by atoms with Gasteiger partial charge in [0.2, 0.25) is 0 Å². The Kier molecular flexibility index (Phi) is 12.9. The topological polar surface area (TPSA) is 75.6 Å². The van der Waals surface area contributed by atoms with Gasteiger partial charge in [0.1, 0.15) is 17.3 Å². The Balaban J connectivity index is 2.22. The summed E-state index contributed by atoms with van der Waals surface area (Å²) >= 11 is 1.48. The number of aryl methyl sites for hydroxylation is 2. The third-order valence-electron chi connectivity index (χ3n) is 5.96. The number of nitrogens with one attached hydrogen (secondary N) is 1. The first-order valence-corrected chi connectivity index (χ1v) is 13.8. The van der Waals surface area contributed by atoms with E-state index in [1.807, 2.05) is 71.1 Å². The van der Waals surface area contributed by atoms with Crippen LogP contribution in [0.15, 0.2) is 71.2 Å². The highest BCUT2D eigenvalue weighted by Crippen LogP contribution is 2.29. The standard InChI is InChI=1S/C31H38FNO4S/c1-6-9-11-21(4)30(38-16-10-7-2)31(36)33-22(5)25-17-26(32)20-28(19-25)37-27-14-12-24(13-15-29(34)35)23(8-3)18-27/h6-7,9-10,12,14,17-20,22H,8,11,13,15-16H2,1-5H3,(H,33,36)(H,34,35)/b9-6+,10-7-,30-21-. The molecule has 0 aromatic heterocycles. The van der Waals surface area contributed by atoms with Crippen molar-refractivity contribution in [2.24, 2.45) is 0 Å². The third-order valence-corrected chi connectivity index (χ3v) is 7.14. The van der Waals surface area contributed by atoms with E-state index in [0.717, 1.165) is 23.1 Å². The zero-order valence-corrected chi connectivity index (χ0v) is 23.7. The Labute approximate surface area is 229 Å². The highest BCUT2D eigenvalue weighted by atomic mass is 32.2. The molecule has 2 rings (SSSR count). The third kappa shape index (κ3) is 9.86. The average molecular weight is 540 g/mol. The molecule has 38 heavy (non-hydrogen) atoms. The Morgan fingerprint density at radius 2 is 1.82 bits per heavy atom. The number of carboxylic acids is 1. The molecule has 2 N–H and O–H groups in total. The molecule has 0 fully saturated rings. The van der Waals surface area contributed by atoms with E-state index in [4.69, 9.17) is 9.84 Å². The quantitative estimate of drug-likeness (QED) is 0.188. The lowest BCUT2D eigenvalue weighted by molar-refractivity contribution is -0.137. The number of carbonyl (C=O) groups is 2. The molecule has 5 nitrogen and oxygen atoms in total. The molecule has 0 saturated heterocycles. The molecular formula is C31H38FNO4S. The van der Waals surface area contributed by atoms with Gasteiger partial charge in [-0.2, -0.15) is 0 Å². The molecule has 0 bridgehead atoms. The maximum atomic E-state index is 14.6. The summed E-state index contributed by atoms with van der Waals surface area (Å²) in [5, 5.41) is 12.0. The highest BCUT2D eigenvalue weighted by Gasteiger charge is 2.18. The minimum atomic E-state index is -0.840. The van der Waals surface area contributed by atoms with E-state index < -0.39 is 17.8 Å². The minimum Gasteiger partial charge on any atom is -0.481 e. The van der Waals surface area contributed by atoms with Gasteiger partial charge in [0.25, 0.3) is 5.91 Å². The second kappa shape index (κ2) is 15.8. The maximum Gasteiger partial charge on any atom is 0.303 e. The molecule has 0 aliphatic rings. The Morgan fingerprint density at radius 1 is 1.08 bits per heavy atom. The van der Waals surface area contributed by atoms with Crippen molar-refractivity contribution in [2.75, 3.05) is 5.75 Å². The predicted molar refractivity (Wildman–Crippen MR) is 154 cm³/mol. The molecule has 2 aromatic carbocycles. The summed E-state index contributed by atoms with van der Waals surface area (Å²) in [5.41, 5.74) is 3.51. The normalized spacial score (nSPS) is 13.0. The second-order valence-corrected chi connectivity index (χ2v) is 9.99. The van der Waals surface area contributed by atoms with E-state index in [1.165, 1.54) is 23.9 Å². The zero-order valence-electron chi connectivity index (χ0n) is 22.8. The van der Waals surface area contributed by atoms with Gasteiger partial charge >= 0.3 is 5.97 Å². The highest BCUT2D eigenvalue weighted by molar-refractivity contribution is 8.04. The minimum absolute atomic E-state index is 0.0591. The smallest absolute Gasteiger partial charge is 0.303 e. The molecule has 1 amide bonds. The van der Waals surface area contributed by atoms with Gasteiger partial charge in [-0.15, -0.1) is 11.8 Å². The second-order valence-electron chi connectivity index (χ2n) is 8.96. The molecule has 7 heteroatoms. The first-order valence-electron chi connectivity index (χ1n) is 12.9. The van der Waals surface area contributed by atoms with Crippen LogP contribution in [0.5, 0.6) is 11.5 Å². The number of halogens is 1. The van der Waals surface area contributed by atoms with Gasteiger partial charge in [-0.05, 0) is 87.9 Å². The molecule has 1 atom stereocenters. The Hall–Kier alpha value is -3.32. The van der Waals surface area contributed by atoms with Crippen LogP contribution in [0.25, 0.3) is 0 Å². The van der Waals surface area contributed by atoms with Crippen LogP contribution < -0.4 is 10.1 Å². The van der Waals surface area contributed by atoms with Gasteiger partial charge in [-0.25, -0.2) is 4.39 Å². The van der Waals surface area contributed by atoms with Crippen LogP contribution in [0.1, 0.15) is 70.2 Å². The Bertz CT molecular complexity index is 1200. The monoisotopic (exact) mass is 539 g/mol. The Morgan fingerprint density at radius 3 is 2.47 bits per heavy atom. The number of rotatable bonds is 14. The first kappa shape index (κ1) is 30.9. The van der Waals surface area contributed by atoms with Crippen LogP contribution in [0, 0.1) is 5.82 Å². The number of carboxylic acid groups (broad SMARTS) is 1. The number of aliphatic carboxylic acids is 1. The zero-order chi connectivity index (χ0) is 28.1. The van der Waals surface area contributed by atoms with Gasteiger partial charge in [-0.1, -0.05) is 42.9 Å². The van der Waals surface area contributed by atoms with E-state index in [1.54, 1.807) is 12.1 Å². The summed E-state index contributed by atoms with van der Waals surface area (Å²) in [4.78, 5) is 24.8. The molecule has 1 unspecified atom stereocenters. The first-order chi connectivity index (χ1) is 18.2. The fourth-order valence-electron chi connectivity index (χ4n) is 3.85. The number of ether oxygens (including phenoxy) is 1. The van der Waals surface area contributed by atoms with Gasteiger partial charge in [0.15, 0.2) is 0 Å². The number of allylic oxidation sites excluding steroid dienone is 4. The molecule has 0 saturated carbocycles. The average Bonchev–Trinajstić information content (AvgIpc) is 2.88. The van der Waals surface area contributed by atoms with Crippen LogP contribution in [0.3, 0.4) is 0 Å². The number of amides is 1. The summed E-state index contributed by atoms with van der Waals surface area (Å²) in [5.74, 6) is 0.0597. The molecule has 204 valence electrons. The SMILES string of the molecule is C/C=C\CS/C(C(=O)NC(C)c1cc(F)cc(Oc2ccc(CCC(=O)O)c(CC)c2)c1)=C(/C)C/C=C/C. The van der Waals surface area contributed by atoms with Crippen LogP contribution in [-0.2, 0) is 22.4 Å². The van der Waals surface area contributed by atoms with Crippen molar-refractivity contribution in [1.29, 1.82) is 0 Å². The number of hydrogen-bond acceptors (Lipinski definition) is 4. The predicted octanol–water partition coefficient (Wildman–Crippen LogP) is 7.92. The summed E-state index contributed by atoms with van der Waals surface area (Å²) in [6, 6.07) is 9.46. The van der Waals surface area contributed by atoms with E-state index in [2.05, 4.69) is 5.32 Å². The summed E-state index contributed by atoms with van der Waals surface area (Å²) in [7, 11) is 0. The maximum absolute atomic E-state index is 14.6. The fourth-order valence-corrected chi connectivity index (χ4v) is 4.83. The number of hydrogen-bond donors (Lipinski definition) is 2. The van der Waals surface area contributed by atoms with Gasteiger partial charge < -0.3 is 15.2 Å². The van der Waals surface area contributed by atoms with E-state index in [9.17, 15) is 14.0 Å². The van der Waals surface area contributed by atoms with Crippen LogP contribution >= 0.6 is 11.8 Å². The molecule has 0 spiro atoms. The van der Waals surface area contributed by atoms with Crippen molar-refractivity contribution in [2.45, 2.75) is 66.3 Å². The van der Waals surface area contributed by atoms with E-state index >= 15 is 0 Å². The van der Waals surface area contributed by atoms with Crippen LogP contribution in [-0.4, -0.2) is 22.7 Å². The molecule has 0 aliphatic heterocycles. The largest absolute Gasteiger partial charge is 0.481 e. The van der Waals surface area contributed by atoms with E-state index in [-0.39, 0.29) is 12.3 Å². The van der Waals surface area contributed by atoms with Crippen molar-refractivity contribution in [3.05, 3.63) is 93.7 Å². The number of benzene rings is 2. The number of thioether (sulfide) groups is 1.